The molecule has 0 radical (unpaired) electrons. The highest BCUT2D eigenvalue weighted by Crippen LogP contribution is 2.54. The molecule has 0 amide bonds. The number of carboxylic acids is 1. The summed E-state index contributed by atoms with van der Waals surface area (Å²) < 4.78 is 0. The van der Waals surface area contributed by atoms with Crippen LogP contribution in [0.3, 0.4) is 0 Å². The summed E-state index contributed by atoms with van der Waals surface area (Å²) in [5, 5.41) is 9.09. The molecule has 2 heteroatoms. The lowest BCUT2D eigenvalue weighted by Crippen LogP contribution is -2.27. The molecular formula is C10H8O2. The van der Waals surface area contributed by atoms with E-state index in [2.05, 4.69) is 0 Å². The van der Waals surface area contributed by atoms with Crippen molar-refractivity contribution in [3.8, 4) is 0 Å². The van der Waals surface area contributed by atoms with E-state index in [0.717, 1.165) is 12.0 Å². The van der Waals surface area contributed by atoms with Crippen LogP contribution < -0.4 is 0 Å². The van der Waals surface area contributed by atoms with Gasteiger partial charge in [0.15, 0.2) is 0 Å². The Kier molecular flexibility index (Phi) is 0.808. The largest absolute Gasteiger partial charge is 0.480 e. The molecule has 1 N–H and O–H groups in total. The van der Waals surface area contributed by atoms with Crippen LogP contribution in [0.4, 0.5) is 0 Å². The molecule has 1 atom stereocenters. The minimum absolute atomic E-state index is 0.650. The highest BCUT2D eigenvalue weighted by atomic mass is 16.4. The highest BCUT2D eigenvalue weighted by molar-refractivity contribution is 5.88. The van der Waals surface area contributed by atoms with E-state index in [-0.39, 0.29) is 0 Å². The SMILES string of the molecule is O=C(O)C12C=C3C=C1C=C(C3)C2. The topological polar surface area (TPSA) is 37.3 Å². The maximum absolute atomic E-state index is 11.1. The number of aliphatic carboxylic acids is 1. The number of carboxylic acid groups (broad SMARTS) is 1. The van der Waals surface area contributed by atoms with Gasteiger partial charge in [0.2, 0.25) is 0 Å². The Morgan fingerprint density at radius 3 is 2.92 bits per heavy atom. The first-order valence-corrected chi connectivity index (χ1v) is 4.07. The summed E-state index contributed by atoms with van der Waals surface area (Å²) >= 11 is 0. The van der Waals surface area contributed by atoms with Crippen LogP contribution in [0.25, 0.3) is 0 Å². The third-order valence-electron chi connectivity index (χ3n) is 2.97. The van der Waals surface area contributed by atoms with Gasteiger partial charge in [0.25, 0.3) is 0 Å². The maximum atomic E-state index is 11.1. The standard InChI is InChI=1S/C10H8O2/c11-9(12)10-4-6-1-7(5-10)3-8(10)2-6/h2-4H,1,5H2,(H,11,12). The van der Waals surface area contributed by atoms with E-state index < -0.39 is 11.4 Å². The minimum atomic E-state index is -0.699. The van der Waals surface area contributed by atoms with E-state index in [9.17, 15) is 4.79 Å². The predicted molar refractivity (Wildman–Crippen MR) is 43.6 cm³/mol. The zero-order valence-electron chi connectivity index (χ0n) is 6.50. The summed E-state index contributed by atoms with van der Waals surface area (Å²) in [6.07, 6.45) is 7.65. The van der Waals surface area contributed by atoms with E-state index in [4.69, 9.17) is 5.11 Å². The van der Waals surface area contributed by atoms with Gasteiger partial charge in [-0.25, -0.2) is 0 Å². The summed E-state index contributed by atoms with van der Waals surface area (Å²) in [6.45, 7) is 0. The van der Waals surface area contributed by atoms with Gasteiger partial charge >= 0.3 is 5.97 Å². The molecular weight excluding hydrogens is 152 g/mol. The zero-order valence-corrected chi connectivity index (χ0v) is 6.50. The molecule has 4 aliphatic rings. The second-order valence-electron chi connectivity index (χ2n) is 3.75. The second kappa shape index (κ2) is 1.56. The van der Waals surface area contributed by atoms with Crippen LogP contribution in [-0.4, -0.2) is 11.1 Å². The molecule has 0 aromatic carbocycles. The average molecular weight is 160 g/mol. The Morgan fingerprint density at radius 2 is 2.33 bits per heavy atom. The van der Waals surface area contributed by atoms with Crippen LogP contribution in [0.15, 0.2) is 34.9 Å². The van der Waals surface area contributed by atoms with E-state index in [1.165, 1.54) is 11.1 Å². The van der Waals surface area contributed by atoms with Crippen molar-refractivity contribution >= 4 is 5.97 Å². The molecule has 0 saturated heterocycles. The van der Waals surface area contributed by atoms with Gasteiger partial charge in [-0.2, -0.15) is 0 Å². The second-order valence-corrected chi connectivity index (χ2v) is 3.75. The van der Waals surface area contributed by atoms with Crippen molar-refractivity contribution in [2.45, 2.75) is 12.8 Å². The lowest BCUT2D eigenvalue weighted by molar-refractivity contribution is -0.143. The van der Waals surface area contributed by atoms with E-state index in [1.807, 2.05) is 18.2 Å². The molecule has 0 aromatic rings. The third kappa shape index (κ3) is 0.481. The van der Waals surface area contributed by atoms with Crippen LogP contribution >= 0.6 is 0 Å². The Bertz CT molecular complexity index is 385. The van der Waals surface area contributed by atoms with Crippen molar-refractivity contribution in [3.05, 3.63) is 34.9 Å². The Morgan fingerprint density at radius 1 is 1.50 bits per heavy atom. The van der Waals surface area contributed by atoms with E-state index >= 15 is 0 Å². The molecule has 4 aliphatic carbocycles. The number of hydrogen-bond donors (Lipinski definition) is 1. The zero-order chi connectivity index (χ0) is 8.34. The van der Waals surface area contributed by atoms with Crippen LogP contribution in [0.1, 0.15) is 12.8 Å². The van der Waals surface area contributed by atoms with Crippen molar-refractivity contribution in [3.63, 3.8) is 0 Å². The first-order chi connectivity index (χ1) is 5.71. The van der Waals surface area contributed by atoms with Gasteiger partial charge in [-0.15, -0.1) is 0 Å². The molecule has 0 aliphatic heterocycles. The molecule has 12 heavy (non-hydrogen) atoms. The monoisotopic (exact) mass is 160 g/mol. The van der Waals surface area contributed by atoms with Gasteiger partial charge in [0, 0.05) is 0 Å². The summed E-state index contributed by atoms with van der Waals surface area (Å²) in [4.78, 5) is 11.1. The number of hydrogen-bond acceptors (Lipinski definition) is 1. The van der Waals surface area contributed by atoms with Crippen LogP contribution in [0.5, 0.6) is 0 Å². The summed E-state index contributed by atoms with van der Waals surface area (Å²) in [6, 6.07) is 0. The highest BCUT2D eigenvalue weighted by Gasteiger charge is 2.49. The van der Waals surface area contributed by atoms with Gasteiger partial charge in [-0.05, 0) is 24.0 Å². The molecule has 0 aromatic heterocycles. The number of rotatable bonds is 1. The fraction of sp³-hybridized carbons (Fsp3) is 0.300. The van der Waals surface area contributed by atoms with Crippen LogP contribution in [0, 0.1) is 5.41 Å². The van der Waals surface area contributed by atoms with Crippen molar-refractivity contribution < 1.29 is 9.90 Å². The molecule has 4 bridgehead atoms. The fourth-order valence-corrected chi connectivity index (χ4v) is 2.46. The van der Waals surface area contributed by atoms with Gasteiger partial charge in [0.1, 0.15) is 5.41 Å². The van der Waals surface area contributed by atoms with Gasteiger partial charge in [-0.1, -0.05) is 23.8 Å². The molecule has 0 spiro atoms. The van der Waals surface area contributed by atoms with Gasteiger partial charge < -0.3 is 5.11 Å². The lowest BCUT2D eigenvalue weighted by atomic mass is 9.81. The van der Waals surface area contributed by atoms with Gasteiger partial charge in [-0.3, -0.25) is 4.79 Å². The molecule has 0 heterocycles. The van der Waals surface area contributed by atoms with E-state index in [0.29, 0.717) is 6.42 Å². The van der Waals surface area contributed by atoms with Crippen molar-refractivity contribution in [2.75, 3.05) is 0 Å². The van der Waals surface area contributed by atoms with Crippen LogP contribution in [0.2, 0.25) is 0 Å². The quantitative estimate of drug-likeness (QED) is 0.633. The Balaban J connectivity index is 2.25. The summed E-state index contributed by atoms with van der Waals surface area (Å²) in [5.41, 5.74) is 2.82. The van der Waals surface area contributed by atoms with Crippen molar-refractivity contribution in [1.29, 1.82) is 0 Å². The predicted octanol–water partition coefficient (Wildman–Crippen LogP) is 1.66. The van der Waals surface area contributed by atoms with Crippen LogP contribution in [-0.2, 0) is 4.79 Å². The van der Waals surface area contributed by atoms with Crippen molar-refractivity contribution in [1.82, 2.24) is 0 Å². The molecule has 0 saturated carbocycles. The van der Waals surface area contributed by atoms with Crippen molar-refractivity contribution in [2.24, 2.45) is 5.41 Å². The summed E-state index contributed by atoms with van der Waals surface area (Å²) in [5.74, 6) is -0.699. The first-order valence-electron chi connectivity index (χ1n) is 4.07. The smallest absolute Gasteiger partial charge is 0.318 e. The average Bonchev–Trinajstić information content (AvgIpc) is 2.37. The molecule has 60 valence electrons. The fourth-order valence-electron chi connectivity index (χ4n) is 2.46. The first kappa shape index (κ1) is 6.23. The van der Waals surface area contributed by atoms with Gasteiger partial charge in [0.05, 0.1) is 0 Å². The lowest BCUT2D eigenvalue weighted by Gasteiger charge is -2.21. The molecule has 4 rings (SSSR count). The molecule has 2 nitrogen and oxygen atoms in total. The summed E-state index contributed by atoms with van der Waals surface area (Å²) in [7, 11) is 0. The maximum Gasteiger partial charge on any atom is 0.318 e. The number of carbonyl (C=O) groups is 1. The number of allylic oxidation sites excluding steroid dienone is 4. The molecule has 1 unspecified atom stereocenters. The Hall–Kier alpha value is -1.31. The third-order valence-corrected chi connectivity index (χ3v) is 2.97. The van der Waals surface area contributed by atoms with E-state index in [1.54, 1.807) is 0 Å². The molecule has 0 fully saturated rings. The Labute approximate surface area is 69.9 Å². The minimum Gasteiger partial charge on any atom is -0.480 e. The normalized spacial score (nSPS) is 34.8.